The molecule has 1 aliphatic heterocycles. The van der Waals surface area contributed by atoms with Crippen LogP contribution in [0.25, 0.3) is 0 Å². The third-order valence-electron chi connectivity index (χ3n) is 3.50. The molecule has 0 aromatic heterocycles. The van der Waals surface area contributed by atoms with Gasteiger partial charge in [-0.25, -0.2) is 0 Å². The highest BCUT2D eigenvalue weighted by Crippen LogP contribution is 2.25. The summed E-state index contributed by atoms with van der Waals surface area (Å²) in [6.45, 7) is 10.6. The highest BCUT2D eigenvalue weighted by Gasteiger charge is 2.37. The number of carbonyl (C=O) groups excluding carboxylic acids is 1. The molecule has 1 fully saturated rings. The van der Waals surface area contributed by atoms with Gasteiger partial charge in [0.1, 0.15) is 0 Å². The highest BCUT2D eigenvalue weighted by atomic mass is 16.5. The van der Waals surface area contributed by atoms with Gasteiger partial charge in [0.2, 0.25) is 0 Å². The van der Waals surface area contributed by atoms with Crippen molar-refractivity contribution in [3.8, 4) is 0 Å². The fraction of sp³-hybridized carbons (Fsp3) is 0.917. The van der Waals surface area contributed by atoms with E-state index in [0.717, 1.165) is 13.2 Å². The number of ether oxygens (including phenoxy) is 2. The van der Waals surface area contributed by atoms with Crippen molar-refractivity contribution in [3.63, 3.8) is 0 Å². The van der Waals surface area contributed by atoms with Crippen molar-refractivity contribution in [1.82, 2.24) is 4.90 Å². The first-order valence-electron chi connectivity index (χ1n) is 5.82. The molecule has 0 aromatic rings. The van der Waals surface area contributed by atoms with Crippen molar-refractivity contribution < 1.29 is 14.3 Å². The van der Waals surface area contributed by atoms with Gasteiger partial charge in [-0.2, -0.15) is 0 Å². The van der Waals surface area contributed by atoms with Gasteiger partial charge < -0.3 is 9.47 Å². The monoisotopic (exact) mass is 229 g/mol. The van der Waals surface area contributed by atoms with Crippen molar-refractivity contribution >= 4 is 5.97 Å². The van der Waals surface area contributed by atoms with E-state index in [1.807, 2.05) is 6.92 Å². The van der Waals surface area contributed by atoms with Crippen LogP contribution in [-0.4, -0.2) is 49.3 Å². The Bertz CT molecular complexity index is 253. The number of nitrogens with zero attached hydrogens (tertiary/aromatic N) is 1. The van der Waals surface area contributed by atoms with E-state index in [4.69, 9.17) is 9.47 Å². The molecule has 2 atom stereocenters. The second-order valence-corrected chi connectivity index (χ2v) is 5.11. The number of carbonyl (C=O) groups is 1. The van der Waals surface area contributed by atoms with Crippen LogP contribution in [0.1, 0.15) is 27.7 Å². The lowest BCUT2D eigenvalue weighted by molar-refractivity contribution is -0.150. The Morgan fingerprint density at radius 1 is 1.44 bits per heavy atom. The Morgan fingerprint density at radius 2 is 2.06 bits per heavy atom. The molecule has 0 aromatic carbocycles. The molecular formula is C12H23NO3. The summed E-state index contributed by atoms with van der Waals surface area (Å²) < 4.78 is 10.3. The number of morpholine rings is 1. The van der Waals surface area contributed by atoms with E-state index in [0.29, 0.717) is 6.61 Å². The quantitative estimate of drug-likeness (QED) is 0.684. The summed E-state index contributed by atoms with van der Waals surface area (Å²) in [5.74, 6) is -0.253. The molecule has 94 valence electrons. The molecule has 1 rings (SSSR count). The third kappa shape index (κ3) is 2.74. The van der Waals surface area contributed by atoms with Crippen LogP contribution in [0, 0.1) is 5.92 Å². The van der Waals surface area contributed by atoms with Gasteiger partial charge >= 0.3 is 5.97 Å². The van der Waals surface area contributed by atoms with Crippen LogP contribution in [0.5, 0.6) is 0 Å². The summed E-state index contributed by atoms with van der Waals surface area (Å²) in [7, 11) is 1.44. The first-order chi connectivity index (χ1) is 7.40. The molecule has 1 heterocycles. The fourth-order valence-electron chi connectivity index (χ4n) is 2.28. The third-order valence-corrected chi connectivity index (χ3v) is 3.50. The molecular weight excluding hydrogens is 206 g/mol. The number of methoxy groups -OCH3 is 1. The minimum atomic E-state index is -0.144. The molecule has 0 radical (unpaired) electrons. The number of esters is 1. The van der Waals surface area contributed by atoms with Crippen LogP contribution in [0.2, 0.25) is 0 Å². The fourth-order valence-corrected chi connectivity index (χ4v) is 2.28. The van der Waals surface area contributed by atoms with Crippen molar-refractivity contribution in [3.05, 3.63) is 0 Å². The zero-order valence-electron chi connectivity index (χ0n) is 10.9. The second-order valence-electron chi connectivity index (χ2n) is 5.11. The molecule has 0 aliphatic carbocycles. The second kappa shape index (κ2) is 5.15. The lowest BCUT2D eigenvalue weighted by Gasteiger charge is -2.46. The molecule has 0 bridgehead atoms. The summed E-state index contributed by atoms with van der Waals surface area (Å²) in [4.78, 5) is 13.9. The molecule has 4 nitrogen and oxygen atoms in total. The average molecular weight is 229 g/mol. The molecule has 0 amide bonds. The lowest BCUT2D eigenvalue weighted by Crippen LogP contribution is -2.58. The normalized spacial score (nSPS) is 24.8. The molecule has 0 N–H and O–H groups in total. The standard InChI is InChI=1S/C12H23NO3/c1-9(11(14)15-5)10(2)13-6-7-16-8-12(13,3)4/h9-10H,6-8H2,1-5H3. The maximum atomic E-state index is 11.5. The predicted octanol–water partition coefficient (Wildman–Crippen LogP) is 1.29. The Morgan fingerprint density at radius 3 is 2.56 bits per heavy atom. The minimum Gasteiger partial charge on any atom is -0.469 e. The maximum Gasteiger partial charge on any atom is 0.309 e. The van der Waals surface area contributed by atoms with Crippen molar-refractivity contribution in [2.45, 2.75) is 39.3 Å². The average Bonchev–Trinajstić information content (AvgIpc) is 2.25. The summed E-state index contributed by atoms with van der Waals surface area (Å²) in [5, 5.41) is 0. The van der Waals surface area contributed by atoms with E-state index in [1.54, 1.807) is 0 Å². The molecule has 0 saturated carbocycles. The number of hydrogen-bond acceptors (Lipinski definition) is 4. The molecule has 1 aliphatic rings. The Kier molecular flexibility index (Phi) is 4.33. The smallest absolute Gasteiger partial charge is 0.309 e. The number of hydrogen-bond donors (Lipinski definition) is 0. The predicted molar refractivity (Wildman–Crippen MR) is 62.2 cm³/mol. The lowest BCUT2D eigenvalue weighted by atomic mass is 9.94. The van der Waals surface area contributed by atoms with Crippen LogP contribution in [-0.2, 0) is 14.3 Å². The van der Waals surface area contributed by atoms with Crippen molar-refractivity contribution in [1.29, 1.82) is 0 Å². The molecule has 16 heavy (non-hydrogen) atoms. The molecule has 2 unspecified atom stereocenters. The minimum absolute atomic E-state index is 0.0139. The van der Waals surface area contributed by atoms with Gasteiger partial charge in [-0.3, -0.25) is 9.69 Å². The first kappa shape index (κ1) is 13.5. The van der Waals surface area contributed by atoms with Gasteiger partial charge in [0.15, 0.2) is 0 Å². The van der Waals surface area contributed by atoms with E-state index < -0.39 is 0 Å². The van der Waals surface area contributed by atoms with Gasteiger partial charge in [0, 0.05) is 18.1 Å². The van der Waals surface area contributed by atoms with Crippen LogP contribution in [0.15, 0.2) is 0 Å². The van der Waals surface area contributed by atoms with Gasteiger partial charge in [0.05, 0.1) is 26.2 Å². The first-order valence-corrected chi connectivity index (χ1v) is 5.82. The van der Waals surface area contributed by atoms with E-state index in [1.165, 1.54) is 7.11 Å². The topological polar surface area (TPSA) is 38.8 Å². The van der Waals surface area contributed by atoms with Crippen molar-refractivity contribution in [2.75, 3.05) is 26.9 Å². The summed E-state index contributed by atoms with van der Waals surface area (Å²) in [5.41, 5.74) is -0.0139. The largest absolute Gasteiger partial charge is 0.469 e. The Balaban J connectivity index is 2.71. The van der Waals surface area contributed by atoms with Crippen molar-refractivity contribution in [2.24, 2.45) is 5.92 Å². The van der Waals surface area contributed by atoms with Gasteiger partial charge in [-0.05, 0) is 20.8 Å². The Hall–Kier alpha value is -0.610. The molecule has 1 saturated heterocycles. The molecule has 4 heteroatoms. The molecule has 0 spiro atoms. The highest BCUT2D eigenvalue weighted by molar-refractivity contribution is 5.72. The van der Waals surface area contributed by atoms with E-state index in [2.05, 4.69) is 25.7 Å². The van der Waals surface area contributed by atoms with Crippen LogP contribution in [0.3, 0.4) is 0 Å². The van der Waals surface area contributed by atoms with Gasteiger partial charge in [-0.1, -0.05) is 6.92 Å². The van der Waals surface area contributed by atoms with Crippen LogP contribution >= 0.6 is 0 Å². The summed E-state index contributed by atoms with van der Waals surface area (Å²) in [6, 6.07) is 0.173. The SMILES string of the molecule is COC(=O)C(C)C(C)N1CCOCC1(C)C. The van der Waals surface area contributed by atoms with Gasteiger partial charge in [-0.15, -0.1) is 0 Å². The summed E-state index contributed by atoms with van der Waals surface area (Å²) in [6.07, 6.45) is 0. The van der Waals surface area contributed by atoms with Gasteiger partial charge in [0.25, 0.3) is 0 Å². The van der Waals surface area contributed by atoms with E-state index >= 15 is 0 Å². The summed E-state index contributed by atoms with van der Waals surface area (Å²) >= 11 is 0. The zero-order valence-corrected chi connectivity index (χ0v) is 10.9. The van der Waals surface area contributed by atoms with E-state index in [9.17, 15) is 4.79 Å². The maximum absolute atomic E-state index is 11.5. The Labute approximate surface area is 97.9 Å². The number of rotatable bonds is 3. The zero-order chi connectivity index (χ0) is 12.3. The van der Waals surface area contributed by atoms with E-state index in [-0.39, 0.29) is 23.5 Å². The van der Waals surface area contributed by atoms with Crippen LogP contribution in [0.4, 0.5) is 0 Å². The van der Waals surface area contributed by atoms with Crippen LogP contribution < -0.4 is 0 Å².